The van der Waals surface area contributed by atoms with Gasteiger partial charge in [0.25, 0.3) is 0 Å². The Balaban J connectivity index is 2.37. The zero-order chi connectivity index (χ0) is 12.5. The van der Waals surface area contributed by atoms with Crippen molar-refractivity contribution in [2.45, 2.75) is 39.7 Å². The largest absolute Gasteiger partial charge is 0.314 e. The van der Waals surface area contributed by atoms with E-state index in [0.29, 0.717) is 6.04 Å². The molecule has 0 amide bonds. The molecule has 17 heavy (non-hydrogen) atoms. The van der Waals surface area contributed by atoms with Crippen LogP contribution in [0.1, 0.15) is 32.1 Å². The summed E-state index contributed by atoms with van der Waals surface area (Å²) in [6.45, 7) is 11.3. The molecular weight excluding hydrogens is 228 g/mol. The summed E-state index contributed by atoms with van der Waals surface area (Å²) in [5.74, 6) is 0. The summed E-state index contributed by atoms with van der Waals surface area (Å²) < 4.78 is 0. The second-order valence-electron chi connectivity index (χ2n) is 4.35. The fourth-order valence-corrected chi connectivity index (χ4v) is 2.90. The first-order valence-corrected chi connectivity index (χ1v) is 7.66. The summed E-state index contributed by atoms with van der Waals surface area (Å²) in [6, 6.07) is 5.01. The molecule has 0 bridgehead atoms. The molecule has 1 atom stereocenters. The lowest BCUT2D eigenvalue weighted by Gasteiger charge is -2.23. The number of nitrogens with zero attached hydrogens (tertiary/aromatic N) is 1. The predicted molar refractivity (Wildman–Crippen MR) is 77.9 cm³/mol. The molecule has 1 aromatic heterocycles. The van der Waals surface area contributed by atoms with Crippen LogP contribution in [0.4, 0.5) is 0 Å². The number of nitrogens with one attached hydrogen (secondary N) is 1. The van der Waals surface area contributed by atoms with Crippen molar-refractivity contribution in [2.24, 2.45) is 0 Å². The van der Waals surface area contributed by atoms with Gasteiger partial charge in [0, 0.05) is 10.9 Å². The summed E-state index contributed by atoms with van der Waals surface area (Å²) in [4.78, 5) is 3.99. The molecule has 98 valence electrons. The standard InChI is InChI=1S/C14H26N2S/c1-4-15-13(9-10-16(5-2)6-3)12-14-8-7-11-17-14/h7-8,11,13,15H,4-6,9-10,12H2,1-3H3. The Morgan fingerprint density at radius 3 is 2.59 bits per heavy atom. The summed E-state index contributed by atoms with van der Waals surface area (Å²) in [7, 11) is 0. The molecule has 0 aliphatic carbocycles. The Hall–Kier alpha value is -0.380. The molecule has 1 rings (SSSR count). The molecule has 0 aromatic carbocycles. The van der Waals surface area contributed by atoms with Gasteiger partial charge in [-0.2, -0.15) is 0 Å². The first-order valence-electron chi connectivity index (χ1n) is 6.78. The van der Waals surface area contributed by atoms with Gasteiger partial charge in [0.15, 0.2) is 0 Å². The van der Waals surface area contributed by atoms with Gasteiger partial charge in [0.2, 0.25) is 0 Å². The fourth-order valence-electron chi connectivity index (χ4n) is 2.11. The van der Waals surface area contributed by atoms with E-state index in [1.54, 1.807) is 0 Å². The van der Waals surface area contributed by atoms with E-state index in [1.807, 2.05) is 11.3 Å². The van der Waals surface area contributed by atoms with E-state index in [-0.39, 0.29) is 0 Å². The van der Waals surface area contributed by atoms with E-state index < -0.39 is 0 Å². The molecule has 0 aliphatic rings. The van der Waals surface area contributed by atoms with Crippen LogP contribution in [0.3, 0.4) is 0 Å². The summed E-state index contributed by atoms with van der Waals surface area (Å²) in [5, 5.41) is 5.77. The topological polar surface area (TPSA) is 15.3 Å². The normalized spacial score (nSPS) is 13.2. The van der Waals surface area contributed by atoms with Crippen LogP contribution in [0.15, 0.2) is 17.5 Å². The van der Waals surface area contributed by atoms with Crippen molar-refractivity contribution in [1.82, 2.24) is 10.2 Å². The van der Waals surface area contributed by atoms with Crippen molar-refractivity contribution in [3.05, 3.63) is 22.4 Å². The molecule has 0 radical (unpaired) electrons. The molecular formula is C14H26N2S. The Kier molecular flexibility index (Phi) is 7.49. The molecule has 3 heteroatoms. The van der Waals surface area contributed by atoms with Crippen LogP contribution in [0.2, 0.25) is 0 Å². The third-order valence-electron chi connectivity index (χ3n) is 3.21. The van der Waals surface area contributed by atoms with Crippen molar-refractivity contribution < 1.29 is 0 Å². The average Bonchev–Trinajstić information content (AvgIpc) is 2.83. The van der Waals surface area contributed by atoms with Crippen molar-refractivity contribution >= 4 is 11.3 Å². The minimum absolute atomic E-state index is 0.624. The maximum absolute atomic E-state index is 3.60. The lowest BCUT2D eigenvalue weighted by atomic mass is 10.1. The number of hydrogen-bond acceptors (Lipinski definition) is 3. The van der Waals surface area contributed by atoms with Crippen molar-refractivity contribution in [3.63, 3.8) is 0 Å². The zero-order valence-electron chi connectivity index (χ0n) is 11.4. The molecule has 1 unspecified atom stereocenters. The highest BCUT2D eigenvalue weighted by molar-refractivity contribution is 7.09. The van der Waals surface area contributed by atoms with Gasteiger partial charge < -0.3 is 10.2 Å². The van der Waals surface area contributed by atoms with E-state index in [0.717, 1.165) is 19.6 Å². The Morgan fingerprint density at radius 1 is 1.29 bits per heavy atom. The maximum Gasteiger partial charge on any atom is 0.0127 e. The van der Waals surface area contributed by atoms with E-state index >= 15 is 0 Å². The van der Waals surface area contributed by atoms with Crippen LogP contribution in [0.25, 0.3) is 0 Å². The zero-order valence-corrected chi connectivity index (χ0v) is 12.2. The highest BCUT2D eigenvalue weighted by Crippen LogP contribution is 2.13. The monoisotopic (exact) mass is 254 g/mol. The number of rotatable bonds is 9. The third-order valence-corrected chi connectivity index (χ3v) is 4.11. The van der Waals surface area contributed by atoms with Crippen LogP contribution < -0.4 is 5.32 Å². The van der Waals surface area contributed by atoms with E-state index in [9.17, 15) is 0 Å². The highest BCUT2D eigenvalue weighted by atomic mass is 32.1. The molecule has 2 nitrogen and oxygen atoms in total. The van der Waals surface area contributed by atoms with E-state index in [2.05, 4.69) is 48.5 Å². The Labute approximate surface area is 110 Å². The van der Waals surface area contributed by atoms with E-state index in [4.69, 9.17) is 0 Å². The quantitative estimate of drug-likeness (QED) is 0.729. The maximum atomic E-state index is 3.60. The lowest BCUT2D eigenvalue weighted by Crippen LogP contribution is -2.35. The second kappa shape index (κ2) is 8.67. The minimum Gasteiger partial charge on any atom is -0.314 e. The van der Waals surface area contributed by atoms with E-state index in [1.165, 1.54) is 24.3 Å². The number of thiophene rings is 1. The summed E-state index contributed by atoms with van der Waals surface area (Å²) >= 11 is 1.87. The van der Waals surface area contributed by atoms with Gasteiger partial charge in [0.1, 0.15) is 0 Å². The van der Waals surface area contributed by atoms with Crippen LogP contribution in [0, 0.1) is 0 Å². The van der Waals surface area contributed by atoms with Gasteiger partial charge in [0.05, 0.1) is 0 Å². The number of likely N-dealkylation sites (N-methyl/N-ethyl adjacent to an activating group) is 1. The third kappa shape index (κ3) is 5.66. The van der Waals surface area contributed by atoms with Crippen LogP contribution in [-0.4, -0.2) is 37.1 Å². The molecule has 0 aliphatic heterocycles. The van der Waals surface area contributed by atoms with Gasteiger partial charge in [-0.3, -0.25) is 0 Å². The fraction of sp³-hybridized carbons (Fsp3) is 0.714. The van der Waals surface area contributed by atoms with Crippen molar-refractivity contribution in [3.8, 4) is 0 Å². The first kappa shape index (κ1) is 14.7. The summed E-state index contributed by atoms with van der Waals surface area (Å²) in [6.07, 6.45) is 2.42. The molecule has 1 N–H and O–H groups in total. The average molecular weight is 254 g/mol. The second-order valence-corrected chi connectivity index (χ2v) is 5.39. The minimum atomic E-state index is 0.624. The lowest BCUT2D eigenvalue weighted by molar-refractivity contribution is 0.281. The van der Waals surface area contributed by atoms with Gasteiger partial charge in [-0.05, 0) is 50.5 Å². The summed E-state index contributed by atoms with van der Waals surface area (Å²) in [5.41, 5.74) is 0. The van der Waals surface area contributed by atoms with Crippen LogP contribution in [-0.2, 0) is 6.42 Å². The molecule has 0 saturated heterocycles. The predicted octanol–water partition coefficient (Wildman–Crippen LogP) is 3.00. The van der Waals surface area contributed by atoms with Gasteiger partial charge in [-0.25, -0.2) is 0 Å². The SMILES string of the molecule is CCNC(CCN(CC)CC)Cc1cccs1. The number of hydrogen-bond donors (Lipinski definition) is 1. The molecule has 0 spiro atoms. The Bertz CT molecular complexity index is 268. The molecule has 1 aromatic rings. The smallest absolute Gasteiger partial charge is 0.0127 e. The van der Waals surface area contributed by atoms with Crippen molar-refractivity contribution in [2.75, 3.05) is 26.2 Å². The van der Waals surface area contributed by atoms with Gasteiger partial charge >= 0.3 is 0 Å². The Morgan fingerprint density at radius 2 is 2.06 bits per heavy atom. The van der Waals surface area contributed by atoms with Crippen LogP contribution in [0.5, 0.6) is 0 Å². The van der Waals surface area contributed by atoms with Gasteiger partial charge in [-0.1, -0.05) is 26.8 Å². The van der Waals surface area contributed by atoms with Crippen LogP contribution >= 0.6 is 11.3 Å². The van der Waals surface area contributed by atoms with Crippen molar-refractivity contribution in [1.29, 1.82) is 0 Å². The first-order chi connectivity index (χ1) is 8.30. The highest BCUT2D eigenvalue weighted by Gasteiger charge is 2.10. The molecule has 0 saturated carbocycles. The molecule has 0 fully saturated rings. The van der Waals surface area contributed by atoms with Gasteiger partial charge in [-0.15, -0.1) is 11.3 Å². The molecule has 1 heterocycles.